The van der Waals surface area contributed by atoms with Gasteiger partial charge < -0.3 is 9.47 Å². The molecule has 2 atom stereocenters. The fourth-order valence-electron chi connectivity index (χ4n) is 3.45. The molecule has 4 heteroatoms. The Hall–Kier alpha value is -1.06. The van der Waals surface area contributed by atoms with Crippen molar-refractivity contribution in [2.75, 3.05) is 6.61 Å². The van der Waals surface area contributed by atoms with E-state index in [1.54, 1.807) is 6.92 Å². The summed E-state index contributed by atoms with van der Waals surface area (Å²) in [7, 11) is 0. The summed E-state index contributed by atoms with van der Waals surface area (Å²) in [5.74, 6) is -0.811. The van der Waals surface area contributed by atoms with Crippen LogP contribution in [0.5, 0.6) is 0 Å². The lowest BCUT2D eigenvalue weighted by Crippen LogP contribution is -2.35. The van der Waals surface area contributed by atoms with Crippen molar-refractivity contribution in [2.45, 2.75) is 124 Å². The third-order valence-electron chi connectivity index (χ3n) is 5.26. The maximum absolute atomic E-state index is 12.8. The van der Waals surface area contributed by atoms with E-state index in [1.807, 2.05) is 13.8 Å². The van der Waals surface area contributed by atoms with Crippen LogP contribution in [0.1, 0.15) is 118 Å². The molecule has 0 aromatic heterocycles. The summed E-state index contributed by atoms with van der Waals surface area (Å²) in [5.41, 5.74) is 0. The summed E-state index contributed by atoms with van der Waals surface area (Å²) in [6.45, 7) is 10.3. The molecule has 2 unspecified atom stereocenters. The Labute approximate surface area is 174 Å². The quantitative estimate of drug-likeness (QED) is 0.187. The Morgan fingerprint density at radius 2 is 1.14 bits per heavy atom. The molecule has 28 heavy (non-hydrogen) atoms. The largest absolute Gasteiger partial charge is 0.463 e. The maximum atomic E-state index is 12.8. The first-order chi connectivity index (χ1) is 13.5. The van der Waals surface area contributed by atoms with E-state index in [0.717, 1.165) is 25.7 Å². The highest BCUT2D eigenvalue weighted by Gasteiger charge is 2.30. The van der Waals surface area contributed by atoms with Crippen LogP contribution in [0.3, 0.4) is 0 Å². The molecule has 0 aromatic carbocycles. The second-order valence-corrected chi connectivity index (χ2v) is 8.31. The number of carbonyl (C=O) groups excluding carboxylic acids is 2. The highest BCUT2D eigenvalue weighted by Crippen LogP contribution is 2.22. The molecule has 0 fully saturated rings. The van der Waals surface area contributed by atoms with Crippen molar-refractivity contribution in [1.82, 2.24) is 0 Å². The smallest absolute Gasteiger partial charge is 0.347 e. The first-order valence-corrected chi connectivity index (χ1v) is 11.8. The Morgan fingerprint density at radius 1 is 0.679 bits per heavy atom. The van der Waals surface area contributed by atoms with Crippen LogP contribution in [-0.2, 0) is 19.1 Å². The van der Waals surface area contributed by atoms with E-state index in [9.17, 15) is 9.59 Å². The lowest BCUT2D eigenvalue weighted by Gasteiger charge is -2.23. The number of unbranched alkanes of at least 4 members (excludes halogenated alkanes) is 9. The van der Waals surface area contributed by atoms with Gasteiger partial charge in [-0.2, -0.15) is 0 Å². The molecule has 0 saturated heterocycles. The minimum absolute atomic E-state index is 0.0813. The average Bonchev–Trinajstić information content (AvgIpc) is 2.66. The second-order valence-electron chi connectivity index (χ2n) is 8.31. The molecule has 0 spiro atoms. The van der Waals surface area contributed by atoms with Gasteiger partial charge >= 0.3 is 11.9 Å². The molecular weight excluding hydrogens is 352 g/mol. The summed E-state index contributed by atoms with van der Waals surface area (Å²) >= 11 is 0. The Morgan fingerprint density at radius 3 is 1.57 bits per heavy atom. The summed E-state index contributed by atoms with van der Waals surface area (Å²) in [5, 5.41) is 0. The maximum Gasteiger partial charge on any atom is 0.347 e. The molecule has 0 N–H and O–H groups in total. The zero-order chi connectivity index (χ0) is 21.2. The molecule has 0 heterocycles. The van der Waals surface area contributed by atoms with Gasteiger partial charge in [0.25, 0.3) is 0 Å². The van der Waals surface area contributed by atoms with Gasteiger partial charge in [-0.1, -0.05) is 98.3 Å². The predicted octanol–water partition coefficient (Wildman–Crippen LogP) is 6.84. The molecule has 0 radical (unpaired) electrons. The minimum Gasteiger partial charge on any atom is -0.463 e. The van der Waals surface area contributed by atoms with Gasteiger partial charge in [0.15, 0.2) is 0 Å². The van der Waals surface area contributed by atoms with Crippen molar-refractivity contribution in [2.24, 2.45) is 11.8 Å². The highest BCUT2D eigenvalue weighted by atomic mass is 16.6. The molecule has 0 amide bonds. The van der Waals surface area contributed by atoms with Gasteiger partial charge in [0, 0.05) is 5.92 Å². The van der Waals surface area contributed by atoms with Crippen molar-refractivity contribution in [1.29, 1.82) is 0 Å². The van der Waals surface area contributed by atoms with Gasteiger partial charge in [-0.3, -0.25) is 4.79 Å². The number of rotatable bonds is 18. The third kappa shape index (κ3) is 13.2. The van der Waals surface area contributed by atoms with E-state index >= 15 is 0 Å². The van der Waals surface area contributed by atoms with E-state index in [1.165, 1.54) is 57.8 Å². The van der Waals surface area contributed by atoms with Crippen LogP contribution in [0.4, 0.5) is 0 Å². The van der Waals surface area contributed by atoms with Crippen LogP contribution >= 0.6 is 0 Å². The number of hydrogen-bond donors (Lipinski definition) is 0. The molecule has 0 rings (SSSR count). The zero-order valence-electron chi connectivity index (χ0n) is 19.3. The first-order valence-electron chi connectivity index (χ1n) is 11.8. The van der Waals surface area contributed by atoms with Crippen molar-refractivity contribution >= 4 is 11.9 Å². The molecule has 0 bridgehead atoms. The fraction of sp³-hybridized carbons (Fsp3) is 0.917. The fourth-order valence-corrected chi connectivity index (χ4v) is 3.45. The lowest BCUT2D eigenvalue weighted by atomic mass is 9.94. The molecule has 0 aliphatic rings. The van der Waals surface area contributed by atoms with Gasteiger partial charge in [0.1, 0.15) is 0 Å². The van der Waals surface area contributed by atoms with Gasteiger partial charge in [-0.05, 0) is 19.8 Å². The molecule has 0 aliphatic carbocycles. The van der Waals surface area contributed by atoms with Crippen molar-refractivity contribution < 1.29 is 19.1 Å². The monoisotopic (exact) mass is 398 g/mol. The molecular formula is C24H46O4. The third-order valence-corrected chi connectivity index (χ3v) is 5.26. The van der Waals surface area contributed by atoms with Crippen molar-refractivity contribution in [3.63, 3.8) is 0 Å². The summed E-state index contributed by atoms with van der Waals surface area (Å²) in [4.78, 5) is 25.0. The highest BCUT2D eigenvalue weighted by molar-refractivity contribution is 5.80. The lowest BCUT2D eigenvalue weighted by molar-refractivity contribution is -0.173. The Bertz CT molecular complexity index is 392. The summed E-state index contributed by atoms with van der Waals surface area (Å²) in [6.07, 6.45) is 14.2. The standard InChI is InChI=1S/C24H46O4/c1-6-9-11-13-15-17-19-21(18-16-14-12-10-7-2)23(25)28-22(20(4)5)24(26)27-8-3/h20-22H,6-19H2,1-5H3. The van der Waals surface area contributed by atoms with E-state index in [-0.39, 0.29) is 17.8 Å². The first kappa shape index (κ1) is 26.9. The number of ether oxygens (including phenoxy) is 2. The van der Waals surface area contributed by atoms with Gasteiger partial charge in [0.05, 0.1) is 12.5 Å². The molecule has 0 aromatic rings. The van der Waals surface area contributed by atoms with Gasteiger partial charge in [-0.15, -0.1) is 0 Å². The normalized spacial score (nSPS) is 13.4. The SMILES string of the molecule is CCCCCCCCC(CCCCCCC)C(=O)OC(C(=O)OCC)C(C)C. The topological polar surface area (TPSA) is 52.6 Å². The zero-order valence-corrected chi connectivity index (χ0v) is 19.3. The average molecular weight is 399 g/mol. The van der Waals surface area contributed by atoms with Crippen molar-refractivity contribution in [3.8, 4) is 0 Å². The predicted molar refractivity (Wildman–Crippen MR) is 116 cm³/mol. The molecule has 4 nitrogen and oxygen atoms in total. The number of hydrogen-bond acceptors (Lipinski definition) is 4. The van der Waals surface area contributed by atoms with E-state index in [0.29, 0.717) is 6.61 Å². The van der Waals surface area contributed by atoms with E-state index < -0.39 is 12.1 Å². The number of carbonyl (C=O) groups is 2. The molecule has 166 valence electrons. The van der Waals surface area contributed by atoms with Crippen LogP contribution in [0, 0.1) is 11.8 Å². The van der Waals surface area contributed by atoms with Crippen LogP contribution < -0.4 is 0 Å². The number of esters is 2. The summed E-state index contributed by atoms with van der Waals surface area (Å²) in [6, 6.07) is 0. The summed E-state index contributed by atoms with van der Waals surface area (Å²) < 4.78 is 10.7. The minimum atomic E-state index is -0.792. The van der Waals surface area contributed by atoms with Crippen LogP contribution in [0.15, 0.2) is 0 Å². The van der Waals surface area contributed by atoms with Crippen LogP contribution in [-0.4, -0.2) is 24.6 Å². The van der Waals surface area contributed by atoms with Crippen LogP contribution in [0.2, 0.25) is 0 Å². The second kappa shape index (κ2) is 18.0. The van der Waals surface area contributed by atoms with Gasteiger partial charge in [0.2, 0.25) is 6.10 Å². The molecule has 0 saturated carbocycles. The van der Waals surface area contributed by atoms with E-state index in [2.05, 4.69) is 13.8 Å². The van der Waals surface area contributed by atoms with Crippen LogP contribution in [0.25, 0.3) is 0 Å². The Kier molecular flexibility index (Phi) is 17.3. The van der Waals surface area contributed by atoms with Gasteiger partial charge in [-0.25, -0.2) is 4.79 Å². The molecule has 0 aliphatic heterocycles. The van der Waals surface area contributed by atoms with Crippen molar-refractivity contribution in [3.05, 3.63) is 0 Å². The van der Waals surface area contributed by atoms with E-state index in [4.69, 9.17) is 9.47 Å². The Balaban J connectivity index is 4.64.